The molecule has 2 N–H and O–H groups in total. The van der Waals surface area contributed by atoms with Gasteiger partial charge in [-0.25, -0.2) is 0 Å². The van der Waals surface area contributed by atoms with Crippen LogP contribution >= 0.6 is 11.6 Å². The molecule has 0 fully saturated rings. The summed E-state index contributed by atoms with van der Waals surface area (Å²) in [4.78, 5) is 39.0. The Labute approximate surface area is 176 Å². The molecule has 0 radical (unpaired) electrons. The summed E-state index contributed by atoms with van der Waals surface area (Å²) in [5, 5.41) is 5.90. The summed E-state index contributed by atoms with van der Waals surface area (Å²) in [5.41, 5.74) is 1.14. The fraction of sp³-hybridized carbons (Fsp3) is 0.318. The van der Waals surface area contributed by atoms with Gasteiger partial charge in [0, 0.05) is 13.5 Å². The number of para-hydroxylation sites is 1. The van der Waals surface area contributed by atoms with E-state index in [0.717, 1.165) is 0 Å². The third-order valence-corrected chi connectivity index (χ3v) is 4.51. The lowest BCUT2D eigenvalue weighted by Crippen LogP contribution is -2.44. The zero-order valence-electron chi connectivity index (χ0n) is 16.8. The van der Waals surface area contributed by atoms with Crippen LogP contribution in [0, 0.1) is 5.92 Å². The molecule has 0 spiro atoms. The Bertz CT molecular complexity index is 855. The van der Waals surface area contributed by atoms with E-state index in [1.165, 1.54) is 11.9 Å². The lowest BCUT2D eigenvalue weighted by molar-refractivity contribution is -0.137. The van der Waals surface area contributed by atoms with Crippen LogP contribution in [0.2, 0.25) is 5.02 Å². The first kappa shape index (κ1) is 22.4. The highest BCUT2D eigenvalue weighted by Gasteiger charge is 2.27. The third-order valence-electron chi connectivity index (χ3n) is 4.18. The molecule has 3 amide bonds. The van der Waals surface area contributed by atoms with E-state index < -0.39 is 6.04 Å². The van der Waals surface area contributed by atoms with E-state index in [4.69, 9.17) is 11.6 Å². The Morgan fingerprint density at radius 3 is 2.21 bits per heavy atom. The summed E-state index contributed by atoms with van der Waals surface area (Å²) in [6.07, 6.45) is 0.313. The van der Waals surface area contributed by atoms with E-state index in [1.54, 1.807) is 48.5 Å². The molecule has 0 aliphatic carbocycles. The van der Waals surface area contributed by atoms with Crippen LogP contribution < -0.4 is 10.6 Å². The van der Waals surface area contributed by atoms with Gasteiger partial charge in [-0.2, -0.15) is 0 Å². The Balaban J connectivity index is 2.09. The average molecular weight is 416 g/mol. The maximum atomic E-state index is 13.0. The molecule has 0 bridgehead atoms. The number of carbonyl (C=O) groups excluding carboxylic acids is 3. The fourth-order valence-corrected chi connectivity index (χ4v) is 2.97. The van der Waals surface area contributed by atoms with Gasteiger partial charge in [-0.3, -0.25) is 14.4 Å². The normalized spacial score (nSPS) is 11.6. The Morgan fingerprint density at radius 1 is 0.966 bits per heavy atom. The Morgan fingerprint density at radius 2 is 1.59 bits per heavy atom. The standard InChI is InChI=1S/C22H26ClN3O3/c1-15(2)13-19(27)25-21(16-9-5-4-6-10-16)22(29)26(3)14-20(28)24-18-12-8-7-11-17(18)23/h4-12,15,21H,13-14H2,1-3H3,(H,24,28)(H,25,27). The second-order valence-electron chi connectivity index (χ2n) is 7.23. The monoisotopic (exact) mass is 415 g/mol. The van der Waals surface area contributed by atoms with E-state index in [0.29, 0.717) is 22.7 Å². The van der Waals surface area contributed by atoms with Crippen molar-refractivity contribution < 1.29 is 14.4 Å². The largest absolute Gasteiger partial charge is 0.341 e. The summed E-state index contributed by atoms with van der Waals surface area (Å²) < 4.78 is 0. The highest BCUT2D eigenvalue weighted by molar-refractivity contribution is 6.33. The van der Waals surface area contributed by atoms with Crippen molar-refractivity contribution >= 4 is 35.0 Å². The molecular weight excluding hydrogens is 390 g/mol. The minimum absolute atomic E-state index is 0.167. The van der Waals surface area contributed by atoms with Gasteiger partial charge >= 0.3 is 0 Å². The predicted molar refractivity (Wildman–Crippen MR) is 114 cm³/mol. The number of hydrogen-bond donors (Lipinski definition) is 2. The number of benzene rings is 2. The van der Waals surface area contributed by atoms with Gasteiger partial charge in [0.1, 0.15) is 6.04 Å². The van der Waals surface area contributed by atoms with Crippen LogP contribution in [0.3, 0.4) is 0 Å². The van der Waals surface area contributed by atoms with Gasteiger partial charge in [-0.1, -0.05) is 67.9 Å². The average Bonchev–Trinajstić information content (AvgIpc) is 2.67. The van der Waals surface area contributed by atoms with Gasteiger partial charge in [0.25, 0.3) is 0 Å². The number of nitrogens with one attached hydrogen (secondary N) is 2. The fourth-order valence-electron chi connectivity index (χ4n) is 2.79. The second-order valence-corrected chi connectivity index (χ2v) is 7.64. The first-order chi connectivity index (χ1) is 13.8. The SMILES string of the molecule is CC(C)CC(=O)NC(C(=O)N(C)CC(=O)Nc1ccccc1Cl)c1ccccc1. The summed E-state index contributed by atoms with van der Waals surface area (Å²) in [5.74, 6) is -0.798. The first-order valence-electron chi connectivity index (χ1n) is 9.41. The molecule has 2 rings (SSSR count). The molecule has 1 unspecified atom stereocenters. The molecular formula is C22H26ClN3O3. The van der Waals surface area contributed by atoms with Crippen LogP contribution in [0.5, 0.6) is 0 Å². The molecule has 0 aliphatic heterocycles. The number of amides is 3. The van der Waals surface area contributed by atoms with Crippen molar-refractivity contribution in [3.8, 4) is 0 Å². The molecule has 2 aromatic carbocycles. The first-order valence-corrected chi connectivity index (χ1v) is 9.79. The molecule has 29 heavy (non-hydrogen) atoms. The van der Waals surface area contributed by atoms with E-state index in [-0.39, 0.29) is 30.2 Å². The molecule has 1 atom stereocenters. The maximum Gasteiger partial charge on any atom is 0.250 e. The maximum absolute atomic E-state index is 13.0. The summed E-state index contributed by atoms with van der Waals surface area (Å²) in [7, 11) is 1.53. The Hall–Kier alpha value is -2.86. The van der Waals surface area contributed by atoms with Crippen molar-refractivity contribution in [1.29, 1.82) is 0 Å². The van der Waals surface area contributed by atoms with Crippen molar-refractivity contribution in [3.63, 3.8) is 0 Å². The number of carbonyl (C=O) groups is 3. The topological polar surface area (TPSA) is 78.5 Å². The van der Waals surface area contributed by atoms with Crippen molar-refractivity contribution in [3.05, 3.63) is 65.2 Å². The zero-order valence-corrected chi connectivity index (χ0v) is 17.6. The van der Waals surface area contributed by atoms with E-state index in [2.05, 4.69) is 10.6 Å². The summed E-state index contributed by atoms with van der Waals surface area (Å²) in [6, 6.07) is 15.0. The highest BCUT2D eigenvalue weighted by Crippen LogP contribution is 2.20. The number of halogens is 1. The van der Waals surface area contributed by atoms with Crippen molar-refractivity contribution in [1.82, 2.24) is 10.2 Å². The molecule has 0 saturated heterocycles. The van der Waals surface area contributed by atoms with Crippen LogP contribution in [0.15, 0.2) is 54.6 Å². The van der Waals surface area contributed by atoms with Crippen LogP contribution in [0.4, 0.5) is 5.69 Å². The van der Waals surface area contributed by atoms with Crippen molar-refractivity contribution in [2.24, 2.45) is 5.92 Å². The van der Waals surface area contributed by atoms with Gasteiger partial charge in [0.2, 0.25) is 17.7 Å². The third kappa shape index (κ3) is 6.91. The Kier molecular flexibility index (Phi) is 8.21. The molecule has 0 saturated carbocycles. The van der Waals surface area contributed by atoms with Gasteiger partial charge in [-0.05, 0) is 23.6 Å². The van der Waals surface area contributed by atoms with Crippen molar-refractivity contribution in [2.75, 3.05) is 18.9 Å². The number of rotatable bonds is 8. The molecule has 0 heterocycles. The minimum Gasteiger partial charge on any atom is -0.341 e. The van der Waals surface area contributed by atoms with Crippen LogP contribution in [-0.2, 0) is 14.4 Å². The molecule has 6 nitrogen and oxygen atoms in total. The number of nitrogens with zero attached hydrogens (tertiary/aromatic N) is 1. The van der Waals surface area contributed by atoms with Gasteiger partial charge in [-0.15, -0.1) is 0 Å². The predicted octanol–water partition coefficient (Wildman–Crippen LogP) is 3.64. The minimum atomic E-state index is -0.861. The molecule has 2 aromatic rings. The van der Waals surface area contributed by atoms with Crippen LogP contribution in [-0.4, -0.2) is 36.2 Å². The zero-order chi connectivity index (χ0) is 21.4. The van der Waals surface area contributed by atoms with E-state index in [9.17, 15) is 14.4 Å². The highest BCUT2D eigenvalue weighted by atomic mass is 35.5. The number of likely N-dealkylation sites (N-methyl/N-ethyl adjacent to an activating group) is 1. The van der Waals surface area contributed by atoms with Gasteiger partial charge < -0.3 is 15.5 Å². The van der Waals surface area contributed by atoms with Crippen molar-refractivity contribution in [2.45, 2.75) is 26.3 Å². The van der Waals surface area contributed by atoms with E-state index >= 15 is 0 Å². The lowest BCUT2D eigenvalue weighted by atomic mass is 10.0. The summed E-state index contributed by atoms with van der Waals surface area (Å²) >= 11 is 6.05. The number of anilines is 1. The smallest absolute Gasteiger partial charge is 0.250 e. The lowest BCUT2D eigenvalue weighted by Gasteiger charge is -2.25. The number of hydrogen-bond acceptors (Lipinski definition) is 3. The van der Waals surface area contributed by atoms with Crippen LogP contribution in [0.25, 0.3) is 0 Å². The second kappa shape index (κ2) is 10.6. The quantitative estimate of drug-likeness (QED) is 0.690. The van der Waals surface area contributed by atoms with Gasteiger partial charge in [0.05, 0.1) is 17.3 Å². The van der Waals surface area contributed by atoms with Crippen LogP contribution in [0.1, 0.15) is 31.9 Å². The summed E-state index contributed by atoms with van der Waals surface area (Å²) in [6.45, 7) is 3.70. The van der Waals surface area contributed by atoms with E-state index in [1.807, 2.05) is 19.9 Å². The van der Waals surface area contributed by atoms with Gasteiger partial charge in [0.15, 0.2) is 0 Å². The molecule has 0 aromatic heterocycles. The molecule has 154 valence electrons. The molecule has 7 heteroatoms. The molecule has 0 aliphatic rings.